The van der Waals surface area contributed by atoms with Crippen LogP contribution in [0.2, 0.25) is 0 Å². The fourth-order valence-corrected chi connectivity index (χ4v) is 2.71. The first kappa shape index (κ1) is 15.1. The molecule has 1 atom stereocenters. The predicted molar refractivity (Wildman–Crippen MR) is 86.1 cm³/mol. The van der Waals surface area contributed by atoms with Crippen molar-refractivity contribution in [2.24, 2.45) is 0 Å². The van der Waals surface area contributed by atoms with Crippen LogP contribution in [0.3, 0.4) is 0 Å². The molecular weight excluding hydrogens is 248 g/mol. The average molecular weight is 274 g/mol. The Hall–Kier alpha value is -1.32. The molecule has 1 aliphatic heterocycles. The third-order valence-corrected chi connectivity index (χ3v) is 4.02. The monoisotopic (exact) mass is 274 g/mol. The Balaban J connectivity index is 1.89. The summed E-state index contributed by atoms with van der Waals surface area (Å²) in [7, 11) is 4.10. The molecule has 110 valence electrons. The molecule has 0 amide bonds. The maximum atomic E-state index is 9.39. The maximum Gasteiger partial charge on any atom is 0.0586 e. The highest BCUT2D eigenvalue weighted by molar-refractivity contribution is 5.55. The van der Waals surface area contributed by atoms with Gasteiger partial charge in [-0.05, 0) is 37.1 Å². The normalized spacial score (nSPS) is 20.4. The number of hydrogen-bond donors (Lipinski definition) is 1. The SMILES string of the molecule is CN(C)c1ccc(/C=C/CN2CCCCC2CO)cc1. The number of anilines is 1. The molecule has 1 heterocycles. The van der Waals surface area contributed by atoms with Crippen LogP contribution >= 0.6 is 0 Å². The lowest BCUT2D eigenvalue weighted by Gasteiger charge is -2.33. The van der Waals surface area contributed by atoms with Crippen LogP contribution in [0.4, 0.5) is 5.69 Å². The smallest absolute Gasteiger partial charge is 0.0586 e. The van der Waals surface area contributed by atoms with Crippen LogP contribution < -0.4 is 4.90 Å². The maximum absolute atomic E-state index is 9.39. The molecule has 0 spiro atoms. The summed E-state index contributed by atoms with van der Waals surface area (Å²) in [5.41, 5.74) is 2.45. The minimum atomic E-state index is 0.283. The van der Waals surface area contributed by atoms with Crippen molar-refractivity contribution in [1.29, 1.82) is 0 Å². The van der Waals surface area contributed by atoms with Gasteiger partial charge in [0.1, 0.15) is 0 Å². The van der Waals surface area contributed by atoms with Gasteiger partial charge < -0.3 is 10.0 Å². The third kappa shape index (κ3) is 4.09. The van der Waals surface area contributed by atoms with E-state index >= 15 is 0 Å². The Morgan fingerprint density at radius 3 is 2.65 bits per heavy atom. The average Bonchev–Trinajstić information content (AvgIpc) is 2.48. The Morgan fingerprint density at radius 1 is 1.25 bits per heavy atom. The zero-order valence-corrected chi connectivity index (χ0v) is 12.6. The van der Waals surface area contributed by atoms with Gasteiger partial charge in [0.25, 0.3) is 0 Å². The summed E-state index contributed by atoms with van der Waals surface area (Å²) >= 11 is 0. The van der Waals surface area contributed by atoms with E-state index in [1.54, 1.807) is 0 Å². The number of hydrogen-bond acceptors (Lipinski definition) is 3. The third-order valence-electron chi connectivity index (χ3n) is 4.02. The molecule has 3 nitrogen and oxygen atoms in total. The number of rotatable bonds is 5. The molecule has 0 radical (unpaired) electrons. The van der Waals surface area contributed by atoms with Crippen LogP contribution in [-0.2, 0) is 0 Å². The Morgan fingerprint density at radius 2 is 2.00 bits per heavy atom. The van der Waals surface area contributed by atoms with E-state index in [0.717, 1.165) is 19.5 Å². The van der Waals surface area contributed by atoms with Crippen molar-refractivity contribution in [3.63, 3.8) is 0 Å². The van der Waals surface area contributed by atoms with Gasteiger partial charge in [-0.3, -0.25) is 4.90 Å². The molecular formula is C17H26N2O. The first-order valence-electron chi connectivity index (χ1n) is 7.49. The number of piperidine rings is 1. The first-order chi connectivity index (χ1) is 9.70. The number of likely N-dealkylation sites (tertiary alicyclic amines) is 1. The van der Waals surface area contributed by atoms with Crippen molar-refractivity contribution < 1.29 is 5.11 Å². The summed E-state index contributed by atoms with van der Waals surface area (Å²) in [5, 5.41) is 9.39. The summed E-state index contributed by atoms with van der Waals surface area (Å²) in [4.78, 5) is 4.49. The minimum Gasteiger partial charge on any atom is -0.395 e. The van der Waals surface area contributed by atoms with Crippen LogP contribution in [0.5, 0.6) is 0 Å². The van der Waals surface area contributed by atoms with Crippen LogP contribution in [0, 0.1) is 0 Å². The van der Waals surface area contributed by atoms with Gasteiger partial charge in [0.05, 0.1) is 6.61 Å². The number of nitrogens with zero attached hydrogens (tertiary/aromatic N) is 2. The lowest BCUT2D eigenvalue weighted by molar-refractivity contribution is 0.101. The van der Waals surface area contributed by atoms with Gasteiger partial charge in [0.2, 0.25) is 0 Å². The van der Waals surface area contributed by atoms with E-state index in [4.69, 9.17) is 0 Å². The second-order valence-corrected chi connectivity index (χ2v) is 5.72. The highest BCUT2D eigenvalue weighted by atomic mass is 16.3. The molecule has 1 fully saturated rings. The van der Waals surface area contributed by atoms with E-state index in [0.29, 0.717) is 6.04 Å². The van der Waals surface area contributed by atoms with Crippen molar-refractivity contribution in [2.75, 3.05) is 38.7 Å². The molecule has 1 unspecified atom stereocenters. The molecule has 1 aromatic carbocycles. The second kappa shape index (κ2) is 7.46. The lowest BCUT2D eigenvalue weighted by atomic mass is 10.0. The predicted octanol–water partition coefficient (Wildman–Crippen LogP) is 2.61. The van der Waals surface area contributed by atoms with Gasteiger partial charge in [0, 0.05) is 32.4 Å². The molecule has 3 heteroatoms. The van der Waals surface area contributed by atoms with E-state index in [9.17, 15) is 5.11 Å². The molecule has 0 saturated carbocycles. The van der Waals surface area contributed by atoms with Crippen molar-refractivity contribution in [2.45, 2.75) is 25.3 Å². The fourth-order valence-electron chi connectivity index (χ4n) is 2.71. The lowest BCUT2D eigenvalue weighted by Crippen LogP contribution is -2.41. The van der Waals surface area contributed by atoms with Crippen LogP contribution in [0.25, 0.3) is 6.08 Å². The standard InChI is InChI=1S/C17H26N2O/c1-18(2)16-10-8-15(9-11-16)6-5-13-19-12-4-3-7-17(19)14-20/h5-6,8-11,17,20H,3-4,7,12-14H2,1-2H3/b6-5+. The zero-order valence-electron chi connectivity index (χ0n) is 12.6. The van der Waals surface area contributed by atoms with E-state index in [2.05, 4.69) is 60.3 Å². The van der Waals surface area contributed by atoms with Crippen molar-refractivity contribution >= 4 is 11.8 Å². The van der Waals surface area contributed by atoms with Crippen LogP contribution in [-0.4, -0.2) is 49.8 Å². The van der Waals surface area contributed by atoms with Crippen molar-refractivity contribution in [1.82, 2.24) is 4.90 Å². The molecule has 20 heavy (non-hydrogen) atoms. The topological polar surface area (TPSA) is 26.7 Å². The summed E-state index contributed by atoms with van der Waals surface area (Å²) in [6.45, 7) is 2.32. The van der Waals surface area contributed by atoms with Gasteiger partial charge in [-0.25, -0.2) is 0 Å². The van der Waals surface area contributed by atoms with E-state index in [1.165, 1.54) is 24.1 Å². The van der Waals surface area contributed by atoms with Gasteiger partial charge in [-0.15, -0.1) is 0 Å². The van der Waals surface area contributed by atoms with Gasteiger partial charge in [-0.1, -0.05) is 30.7 Å². The van der Waals surface area contributed by atoms with Gasteiger partial charge in [-0.2, -0.15) is 0 Å². The molecule has 1 aromatic rings. The summed E-state index contributed by atoms with van der Waals surface area (Å²) < 4.78 is 0. The molecule has 0 aliphatic carbocycles. The van der Waals surface area contributed by atoms with Gasteiger partial charge in [0.15, 0.2) is 0 Å². The summed E-state index contributed by atoms with van der Waals surface area (Å²) in [5.74, 6) is 0. The molecule has 0 bridgehead atoms. The highest BCUT2D eigenvalue weighted by Crippen LogP contribution is 2.17. The molecule has 1 saturated heterocycles. The van der Waals surface area contributed by atoms with Crippen molar-refractivity contribution in [3.8, 4) is 0 Å². The highest BCUT2D eigenvalue weighted by Gasteiger charge is 2.19. The Bertz CT molecular complexity index is 425. The molecule has 2 rings (SSSR count). The van der Waals surface area contributed by atoms with Crippen LogP contribution in [0.15, 0.2) is 30.3 Å². The van der Waals surface area contributed by atoms with E-state index in [1.807, 2.05) is 0 Å². The van der Waals surface area contributed by atoms with Gasteiger partial charge >= 0.3 is 0 Å². The Labute approximate surface area is 122 Å². The minimum absolute atomic E-state index is 0.283. The van der Waals surface area contributed by atoms with E-state index < -0.39 is 0 Å². The Kier molecular flexibility index (Phi) is 5.62. The number of aliphatic hydroxyl groups is 1. The molecule has 1 aliphatic rings. The van der Waals surface area contributed by atoms with E-state index in [-0.39, 0.29) is 6.61 Å². The van der Waals surface area contributed by atoms with Crippen LogP contribution in [0.1, 0.15) is 24.8 Å². The summed E-state index contributed by atoms with van der Waals surface area (Å²) in [6, 6.07) is 8.91. The first-order valence-corrected chi connectivity index (χ1v) is 7.49. The molecule has 1 N–H and O–H groups in total. The number of benzene rings is 1. The van der Waals surface area contributed by atoms with Crippen molar-refractivity contribution in [3.05, 3.63) is 35.9 Å². The quantitative estimate of drug-likeness (QED) is 0.894. The number of aliphatic hydroxyl groups excluding tert-OH is 1. The summed E-state index contributed by atoms with van der Waals surface area (Å²) in [6.07, 6.45) is 8.00. The molecule has 0 aromatic heterocycles. The fraction of sp³-hybridized carbons (Fsp3) is 0.529. The second-order valence-electron chi connectivity index (χ2n) is 5.72. The zero-order chi connectivity index (χ0) is 14.4. The largest absolute Gasteiger partial charge is 0.395 e.